The van der Waals surface area contributed by atoms with Gasteiger partial charge in [-0.15, -0.1) is 0 Å². The molecular formula is C15H30NNaO3S2. The molecule has 0 aliphatic carbocycles. The monoisotopic (exact) mass is 359 g/mol. The van der Waals surface area contributed by atoms with E-state index in [0.29, 0.717) is 4.99 Å². The Balaban J connectivity index is 0. The first-order chi connectivity index (χ1) is 9.66. The number of hydrogen-bond donors (Lipinski definition) is 1. The van der Waals surface area contributed by atoms with E-state index in [4.69, 9.17) is 12.2 Å². The Morgan fingerprint density at radius 1 is 1.05 bits per heavy atom. The molecule has 0 aromatic carbocycles. The van der Waals surface area contributed by atoms with Gasteiger partial charge in [-0.3, -0.25) is 0 Å². The number of rotatable bonds is 12. The maximum absolute atomic E-state index is 10.8. The van der Waals surface area contributed by atoms with E-state index in [-0.39, 0.29) is 29.6 Å². The molecule has 126 valence electrons. The zero-order valence-corrected chi connectivity index (χ0v) is 18.2. The molecule has 0 saturated carbocycles. The molecule has 0 spiro atoms. The van der Waals surface area contributed by atoms with Crippen LogP contribution < -0.4 is 34.9 Å². The van der Waals surface area contributed by atoms with Gasteiger partial charge in [-0.05, 0) is 26.7 Å². The van der Waals surface area contributed by atoms with Crippen molar-refractivity contribution < 1.29 is 42.5 Å². The Hall–Kier alpha value is 0.800. The zero-order chi connectivity index (χ0) is 16.4. The molecule has 0 aliphatic rings. The van der Waals surface area contributed by atoms with Gasteiger partial charge in [0.15, 0.2) is 0 Å². The quantitative estimate of drug-likeness (QED) is 0.241. The van der Waals surface area contributed by atoms with Crippen LogP contribution in [-0.4, -0.2) is 29.3 Å². The van der Waals surface area contributed by atoms with Crippen molar-refractivity contribution in [2.75, 3.05) is 5.75 Å². The first-order valence-corrected chi connectivity index (χ1v) is 9.89. The maximum atomic E-state index is 10.8. The van der Waals surface area contributed by atoms with Crippen molar-refractivity contribution in [2.45, 2.75) is 84.1 Å². The van der Waals surface area contributed by atoms with Crippen molar-refractivity contribution in [3.8, 4) is 0 Å². The van der Waals surface area contributed by atoms with Gasteiger partial charge < -0.3 is 9.87 Å². The molecule has 1 N–H and O–H groups in total. The van der Waals surface area contributed by atoms with Gasteiger partial charge in [-0.25, -0.2) is 8.42 Å². The van der Waals surface area contributed by atoms with Crippen LogP contribution in [0, 0.1) is 0 Å². The van der Waals surface area contributed by atoms with Crippen LogP contribution in [0.15, 0.2) is 0 Å². The molecule has 0 atom stereocenters. The summed E-state index contributed by atoms with van der Waals surface area (Å²) in [4.78, 5) is 0.648. The minimum absolute atomic E-state index is 0. The van der Waals surface area contributed by atoms with E-state index in [1.807, 2.05) is 0 Å². The van der Waals surface area contributed by atoms with Crippen LogP contribution in [0.2, 0.25) is 0 Å². The molecule has 0 aromatic heterocycles. The maximum Gasteiger partial charge on any atom is 1.00 e. The fraction of sp³-hybridized carbons (Fsp3) is 0.933. The molecule has 0 saturated heterocycles. The van der Waals surface area contributed by atoms with E-state index >= 15 is 0 Å². The van der Waals surface area contributed by atoms with Gasteiger partial charge in [0.2, 0.25) is 0 Å². The molecule has 0 unspecified atom stereocenters. The van der Waals surface area contributed by atoms with E-state index in [1.165, 1.54) is 38.5 Å². The zero-order valence-electron chi connectivity index (χ0n) is 14.6. The summed E-state index contributed by atoms with van der Waals surface area (Å²) in [5, 5.41) is 2.98. The Morgan fingerprint density at radius 3 is 1.95 bits per heavy atom. The summed E-state index contributed by atoms with van der Waals surface area (Å²) in [5.41, 5.74) is -0.794. The third-order valence-electron chi connectivity index (χ3n) is 3.27. The first kappa shape index (κ1) is 25.0. The minimum atomic E-state index is -4.24. The largest absolute Gasteiger partial charge is 1.00 e. The molecule has 4 nitrogen and oxygen atoms in total. The Labute approximate surface area is 164 Å². The fourth-order valence-electron chi connectivity index (χ4n) is 2.34. The summed E-state index contributed by atoms with van der Waals surface area (Å²) in [5.74, 6) is -0.447. The summed E-state index contributed by atoms with van der Waals surface area (Å²) in [6.45, 7) is 5.58. The standard InChI is InChI=1S/C15H31NO3S2.Na/c1-4-5-6-7-8-9-10-11-12-14(20)16-15(2,3)13-21(17,18)19;/h4-13H2,1-3H3,(H,16,20)(H,17,18,19);/q;+1/p-1. The molecule has 0 radical (unpaired) electrons. The second kappa shape index (κ2) is 13.1. The van der Waals surface area contributed by atoms with Crippen molar-refractivity contribution in [3.63, 3.8) is 0 Å². The van der Waals surface area contributed by atoms with E-state index < -0.39 is 21.4 Å². The predicted molar refractivity (Wildman–Crippen MR) is 91.6 cm³/mol. The van der Waals surface area contributed by atoms with Gasteiger partial charge in [0.05, 0.1) is 20.9 Å². The van der Waals surface area contributed by atoms with Crippen LogP contribution in [0.4, 0.5) is 0 Å². The summed E-state index contributed by atoms with van der Waals surface area (Å²) < 4.78 is 32.4. The third-order valence-corrected chi connectivity index (χ3v) is 4.65. The van der Waals surface area contributed by atoms with Crippen molar-refractivity contribution >= 4 is 27.3 Å². The third kappa shape index (κ3) is 17.2. The SMILES string of the molecule is CCCCCCCCCCC(=S)NC(C)(C)CS(=O)(=O)[O-].[Na+]. The minimum Gasteiger partial charge on any atom is -0.748 e. The molecule has 0 fully saturated rings. The summed E-state index contributed by atoms with van der Waals surface area (Å²) in [6.07, 6.45) is 10.7. The summed E-state index contributed by atoms with van der Waals surface area (Å²) in [7, 11) is -4.24. The predicted octanol–water partition coefficient (Wildman–Crippen LogP) is 0.762. The second-order valence-corrected chi connectivity index (χ2v) is 8.26. The molecular weight excluding hydrogens is 329 g/mol. The number of thiocarbonyl (C=S) groups is 1. The smallest absolute Gasteiger partial charge is 0.748 e. The summed E-state index contributed by atoms with van der Waals surface area (Å²) >= 11 is 5.22. The number of nitrogens with one attached hydrogen (secondary N) is 1. The molecule has 7 heteroatoms. The topological polar surface area (TPSA) is 69.2 Å². The van der Waals surface area contributed by atoms with E-state index in [1.54, 1.807) is 13.8 Å². The van der Waals surface area contributed by atoms with Crippen LogP contribution in [0.25, 0.3) is 0 Å². The van der Waals surface area contributed by atoms with E-state index in [0.717, 1.165) is 19.3 Å². The van der Waals surface area contributed by atoms with Gasteiger partial charge in [0, 0.05) is 5.54 Å². The molecule has 0 amide bonds. The van der Waals surface area contributed by atoms with Crippen molar-refractivity contribution in [1.82, 2.24) is 5.32 Å². The number of unbranched alkanes of at least 4 members (excludes halogenated alkanes) is 7. The molecule has 0 bridgehead atoms. The van der Waals surface area contributed by atoms with Crippen LogP contribution >= 0.6 is 12.2 Å². The average molecular weight is 360 g/mol. The fourth-order valence-corrected chi connectivity index (χ4v) is 3.71. The Kier molecular flexibility index (Phi) is 14.9. The molecule has 22 heavy (non-hydrogen) atoms. The van der Waals surface area contributed by atoms with Gasteiger partial charge >= 0.3 is 29.6 Å². The van der Waals surface area contributed by atoms with Crippen molar-refractivity contribution in [3.05, 3.63) is 0 Å². The van der Waals surface area contributed by atoms with Crippen LogP contribution in [0.3, 0.4) is 0 Å². The van der Waals surface area contributed by atoms with Crippen LogP contribution in [0.5, 0.6) is 0 Å². The molecule has 0 heterocycles. The molecule has 0 aromatic rings. The Morgan fingerprint density at radius 2 is 1.50 bits per heavy atom. The van der Waals surface area contributed by atoms with Crippen LogP contribution in [-0.2, 0) is 10.1 Å². The van der Waals surface area contributed by atoms with Crippen molar-refractivity contribution in [2.24, 2.45) is 0 Å². The molecule has 0 aliphatic heterocycles. The number of hydrogen-bond acceptors (Lipinski definition) is 4. The second-order valence-electron chi connectivity index (χ2n) is 6.36. The summed E-state index contributed by atoms with van der Waals surface area (Å²) in [6, 6.07) is 0. The van der Waals surface area contributed by atoms with Crippen LogP contribution in [0.1, 0.15) is 78.6 Å². The van der Waals surface area contributed by atoms with E-state index in [9.17, 15) is 13.0 Å². The first-order valence-electron chi connectivity index (χ1n) is 7.91. The normalized spacial score (nSPS) is 11.8. The van der Waals surface area contributed by atoms with E-state index in [2.05, 4.69) is 12.2 Å². The van der Waals surface area contributed by atoms with Gasteiger partial charge in [0.25, 0.3) is 0 Å². The van der Waals surface area contributed by atoms with Gasteiger partial charge in [-0.2, -0.15) is 0 Å². The average Bonchev–Trinajstić information content (AvgIpc) is 2.28. The van der Waals surface area contributed by atoms with Gasteiger partial charge in [-0.1, -0.05) is 64.1 Å². The van der Waals surface area contributed by atoms with Crippen molar-refractivity contribution in [1.29, 1.82) is 0 Å². The van der Waals surface area contributed by atoms with Gasteiger partial charge in [0.1, 0.15) is 0 Å². The molecule has 0 rings (SSSR count). The Bertz CT molecular complexity index is 398.